The van der Waals surface area contributed by atoms with Crippen molar-refractivity contribution >= 4 is 17.0 Å². The van der Waals surface area contributed by atoms with Gasteiger partial charge >= 0.3 is 0 Å². The monoisotopic (exact) mass is 413 g/mol. The number of benzene rings is 3. The average Bonchev–Trinajstić information content (AvgIpc) is 3.23. The summed E-state index contributed by atoms with van der Waals surface area (Å²) >= 11 is 0. The molecule has 0 fully saturated rings. The number of nitrogens with one attached hydrogen (secondary N) is 2. The largest absolute Gasteiger partial charge is 0.497 e. The molecule has 4 aromatic rings. The van der Waals surface area contributed by atoms with Crippen LogP contribution in [0.5, 0.6) is 5.75 Å². The van der Waals surface area contributed by atoms with Crippen molar-refractivity contribution in [3.05, 3.63) is 95.8 Å². The molecule has 0 spiro atoms. The number of fused-ring (bicyclic) bond motifs is 1. The number of aliphatic imine (C=N–C) groups is 1. The summed E-state index contributed by atoms with van der Waals surface area (Å²) in [6.07, 6.45) is 1.90. The molecular formula is C25H27N5O. The van der Waals surface area contributed by atoms with E-state index in [9.17, 15) is 0 Å². The second-order valence-corrected chi connectivity index (χ2v) is 7.31. The van der Waals surface area contributed by atoms with Gasteiger partial charge in [0.1, 0.15) is 5.75 Å². The van der Waals surface area contributed by atoms with Crippen LogP contribution in [0.25, 0.3) is 11.0 Å². The molecule has 0 bridgehead atoms. The highest BCUT2D eigenvalue weighted by Crippen LogP contribution is 2.15. The minimum Gasteiger partial charge on any atom is -0.497 e. The minimum atomic E-state index is 0.675. The van der Waals surface area contributed by atoms with Gasteiger partial charge in [0, 0.05) is 26.7 Å². The number of ether oxygens (including phenoxy) is 1. The Morgan fingerprint density at radius 3 is 2.42 bits per heavy atom. The Hall–Kier alpha value is -3.80. The zero-order valence-corrected chi connectivity index (χ0v) is 17.9. The van der Waals surface area contributed by atoms with Crippen molar-refractivity contribution in [2.75, 3.05) is 14.2 Å². The van der Waals surface area contributed by atoms with Crippen LogP contribution in [0.2, 0.25) is 0 Å². The van der Waals surface area contributed by atoms with Gasteiger partial charge in [-0.15, -0.1) is 0 Å². The summed E-state index contributed by atoms with van der Waals surface area (Å²) < 4.78 is 7.45. The summed E-state index contributed by atoms with van der Waals surface area (Å²) in [6.45, 7) is 2.18. The van der Waals surface area contributed by atoms with Crippen LogP contribution in [0.15, 0.2) is 84.1 Å². The fourth-order valence-electron chi connectivity index (χ4n) is 3.47. The Kier molecular flexibility index (Phi) is 6.47. The van der Waals surface area contributed by atoms with Gasteiger partial charge in [-0.3, -0.25) is 4.99 Å². The molecule has 1 aromatic heterocycles. The molecule has 0 saturated carbocycles. The molecule has 2 N–H and O–H groups in total. The zero-order chi connectivity index (χ0) is 21.5. The van der Waals surface area contributed by atoms with E-state index in [1.54, 1.807) is 14.2 Å². The molecule has 158 valence electrons. The maximum atomic E-state index is 5.28. The topological polar surface area (TPSA) is 63.5 Å². The van der Waals surface area contributed by atoms with E-state index in [0.717, 1.165) is 34.9 Å². The predicted molar refractivity (Wildman–Crippen MR) is 125 cm³/mol. The number of methoxy groups -OCH3 is 1. The number of imidazole rings is 1. The van der Waals surface area contributed by atoms with Crippen LogP contribution in [-0.2, 0) is 19.6 Å². The SMILES string of the molecule is CN=C(NCc1ccc(Cn2cnc3ccccc32)cc1)NCc1cccc(OC)c1. The van der Waals surface area contributed by atoms with Crippen molar-refractivity contribution < 1.29 is 4.74 Å². The van der Waals surface area contributed by atoms with Gasteiger partial charge in [-0.25, -0.2) is 4.98 Å². The van der Waals surface area contributed by atoms with Crippen LogP contribution in [0, 0.1) is 0 Å². The van der Waals surface area contributed by atoms with Gasteiger partial charge in [-0.2, -0.15) is 0 Å². The van der Waals surface area contributed by atoms with Gasteiger partial charge in [-0.05, 0) is 41.0 Å². The summed E-state index contributed by atoms with van der Waals surface area (Å²) in [4.78, 5) is 8.78. The third kappa shape index (κ3) is 5.22. The fourth-order valence-corrected chi connectivity index (χ4v) is 3.47. The molecule has 0 saturated heterocycles. The zero-order valence-electron chi connectivity index (χ0n) is 17.9. The quantitative estimate of drug-likeness (QED) is 0.356. The van der Waals surface area contributed by atoms with Crippen molar-refractivity contribution in [1.29, 1.82) is 0 Å². The highest BCUT2D eigenvalue weighted by atomic mass is 16.5. The Balaban J connectivity index is 1.31. The first-order chi connectivity index (χ1) is 15.2. The van der Waals surface area contributed by atoms with Gasteiger partial charge in [0.25, 0.3) is 0 Å². The summed E-state index contributed by atoms with van der Waals surface area (Å²) in [5, 5.41) is 6.70. The smallest absolute Gasteiger partial charge is 0.191 e. The van der Waals surface area contributed by atoms with Crippen molar-refractivity contribution in [2.45, 2.75) is 19.6 Å². The fraction of sp³-hybridized carbons (Fsp3) is 0.200. The lowest BCUT2D eigenvalue weighted by atomic mass is 10.1. The standard InChI is InChI=1S/C25H27N5O/c1-26-25(28-16-21-6-5-7-22(14-21)31-2)27-15-19-10-12-20(13-11-19)17-30-18-29-23-8-3-4-9-24(23)30/h3-14,18H,15-17H2,1-2H3,(H2,26,27,28). The van der Waals surface area contributed by atoms with Crippen molar-refractivity contribution in [2.24, 2.45) is 4.99 Å². The molecule has 0 aliphatic carbocycles. The number of hydrogen-bond donors (Lipinski definition) is 2. The van der Waals surface area contributed by atoms with E-state index >= 15 is 0 Å². The van der Waals surface area contributed by atoms with E-state index in [1.165, 1.54) is 11.1 Å². The molecule has 1 heterocycles. The van der Waals surface area contributed by atoms with Crippen molar-refractivity contribution in [3.63, 3.8) is 0 Å². The van der Waals surface area contributed by atoms with Crippen LogP contribution < -0.4 is 15.4 Å². The van der Waals surface area contributed by atoms with E-state index in [1.807, 2.05) is 42.7 Å². The van der Waals surface area contributed by atoms with Crippen LogP contribution in [0.3, 0.4) is 0 Å². The normalized spacial score (nSPS) is 11.5. The van der Waals surface area contributed by atoms with E-state index < -0.39 is 0 Å². The van der Waals surface area contributed by atoms with Crippen molar-refractivity contribution in [3.8, 4) is 5.75 Å². The molecule has 6 heteroatoms. The van der Waals surface area contributed by atoms with E-state index in [0.29, 0.717) is 13.1 Å². The lowest BCUT2D eigenvalue weighted by Gasteiger charge is -2.13. The number of hydrogen-bond acceptors (Lipinski definition) is 3. The van der Waals surface area contributed by atoms with Gasteiger partial charge in [0.05, 0.1) is 24.5 Å². The van der Waals surface area contributed by atoms with E-state index in [-0.39, 0.29) is 0 Å². The molecule has 0 radical (unpaired) electrons. The van der Waals surface area contributed by atoms with Gasteiger partial charge in [-0.1, -0.05) is 48.5 Å². The number of aromatic nitrogens is 2. The third-order valence-corrected chi connectivity index (χ3v) is 5.18. The Morgan fingerprint density at radius 2 is 1.65 bits per heavy atom. The minimum absolute atomic E-state index is 0.675. The van der Waals surface area contributed by atoms with E-state index in [4.69, 9.17) is 4.74 Å². The van der Waals surface area contributed by atoms with Crippen LogP contribution in [-0.4, -0.2) is 29.7 Å². The summed E-state index contributed by atoms with van der Waals surface area (Å²) in [7, 11) is 3.45. The van der Waals surface area contributed by atoms with Gasteiger partial charge in [0.2, 0.25) is 0 Å². The van der Waals surface area contributed by atoms with Crippen LogP contribution in [0.4, 0.5) is 0 Å². The Labute approximate surface area is 182 Å². The summed E-state index contributed by atoms with van der Waals surface area (Å²) in [5.41, 5.74) is 5.75. The lowest BCUT2D eigenvalue weighted by molar-refractivity contribution is 0.414. The Morgan fingerprint density at radius 1 is 0.903 bits per heavy atom. The molecule has 6 nitrogen and oxygen atoms in total. The second-order valence-electron chi connectivity index (χ2n) is 7.31. The molecular weight excluding hydrogens is 386 g/mol. The summed E-state index contributed by atoms with van der Waals surface area (Å²) in [6, 6.07) is 24.8. The molecule has 0 aliphatic heterocycles. The third-order valence-electron chi connectivity index (χ3n) is 5.18. The number of nitrogens with zero attached hydrogens (tertiary/aromatic N) is 3. The molecule has 0 aliphatic rings. The number of para-hydroxylation sites is 2. The van der Waals surface area contributed by atoms with E-state index in [2.05, 4.69) is 61.6 Å². The first-order valence-electron chi connectivity index (χ1n) is 10.3. The highest BCUT2D eigenvalue weighted by molar-refractivity contribution is 5.79. The number of guanidine groups is 1. The van der Waals surface area contributed by atoms with Crippen LogP contribution >= 0.6 is 0 Å². The highest BCUT2D eigenvalue weighted by Gasteiger charge is 2.04. The number of rotatable bonds is 7. The predicted octanol–water partition coefficient (Wildman–Crippen LogP) is 3.96. The maximum Gasteiger partial charge on any atom is 0.191 e. The first kappa shape index (κ1) is 20.5. The molecule has 3 aromatic carbocycles. The first-order valence-corrected chi connectivity index (χ1v) is 10.3. The van der Waals surface area contributed by atoms with Gasteiger partial charge in [0.15, 0.2) is 5.96 Å². The molecule has 0 unspecified atom stereocenters. The molecule has 0 amide bonds. The molecule has 31 heavy (non-hydrogen) atoms. The molecule has 0 atom stereocenters. The van der Waals surface area contributed by atoms with Crippen molar-refractivity contribution in [1.82, 2.24) is 20.2 Å². The maximum absolute atomic E-state index is 5.28. The average molecular weight is 414 g/mol. The molecule has 4 rings (SSSR count). The Bertz CT molecular complexity index is 1160. The summed E-state index contributed by atoms with van der Waals surface area (Å²) in [5.74, 6) is 1.61. The second kappa shape index (κ2) is 9.80. The van der Waals surface area contributed by atoms with Gasteiger partial charge < -0.3 is 19.9 Å². The van der Waals surface area contributed by atoms with Crippen LogP contribution in [0.1, 0.15) is 16.7 Å². The lowest BCUT2D eigenvalue weighted by Crippen LogP contribution is -2.36.